The molecule has 2 nitrogen and oxygen atoms in total. The van der Waals surface area contributed by atoms with Crippen LogP contribution in [-0.2, 0) is 9.47 Å². The molecule has 1 fully saturated rings. The highest BCUT2D eigenvalue weighted by molar-refractivity contribution is 14.1. The summed E-state index contributed by atoms with van der Waals surface area (Å²) in [5, 5.41) is 0. The molecular formula is C13H25IO2. The molecular weight excluding hydrogens is 315 g/mol. The van der Waals surface area contributed by atoms with Gasteiger partial charge in [0, 0.05) is 10.3 Å². The summed E-state index contributed by atoms with van der Waals surface area (Å²) >= 11 is 2.41. The number of hydrogen-bond acceptors (Lipinski definition) is 2. The Kier molecular flexibility index (Phi) is 5.52. The first kappa shape index (κ1) is 14.7. The zero-order valence-electron chi connectivity index (χ0n) is 11.1. The summed E-state index contributed by atoms with van der Waals surface area (Å²) in [6, 6.07) is 0. The van der Waals surface area contributed by atoms with Crippen LogP contribution < -0.4 is 0 Å². The molecule has 0 amide bonds. The van der Waals surface area contributed by atoms with Crippen LogP contribution in [0.25, 0.3) is 0 Å². The van der Waals surface area contributed by atoms with Crippen LogP contribution in [0.5, 0.6) is 0 Å². The molecule has 1 saturated heterocycles. The molecule has 0 aromatic rings. The molecule has 1 heterocycles. The van der Waals surface area contributed by atoms with E-state index in [4.69, 9.17) is 9.47 Å². The summed E-state index contributed by atoms with van der Waals surface area (Å²) in [6.45, 7) is 10.9. The van der Waals surface area contributed by atoms with E-state index in [2.05, 4.69) is 43.4 Å². The maximum absolute atomic E-state index is 6.11. The fraction of sp³-hybridized carbons (Fsp3) is 1.00. The minimum Gasteiger partial charge on any atom is -0.347 e. The first-order valence-corrected chi connectivity index (χ1v) is 7.85. The highest BCUT2D eigenvalue weighted by Crippen LogP contribution is 2.36. The molecule has 96 valence electrons. The van der Waals surface area contributed by atoms with Crippen LogP contribution in [0.3, 0.4) is 0 Å². The average molecular weight is 340 g/mol. The van der Waals surface area contributed by atoms with E-state index in [9.17, 15) is 0 Å². The van der Waals surface area contributed by atoms with Crippen LogP contribution >= 0.6 is 22.6 Å². The van der Waals surface area contributed by atoms with Gasteiger partial charge in [-0.2, -0.15) is 0 Å². The Hall–Kier alpha value is 0.650. The van der Waals surface area contributed by atoms with Crippen molar-refractivity contribution in [2.24, 2.45) is 11.8 Å². The monoisotopic (exact) mass is 340 g/mol. The Morgan fingerprint density at radius 1 is 1.31 bits per heavy atom. The second-order valence-corrected chi connectivity index (χ2v) is 6.30. The lowest BCUT2D eigenvalue weighted by Gasteiger charge is -2.46. The highest BCUT2D eigenvalue weighted by atomic mass is 127. The van der Waals surface area contributed by atoms with Crippen molar-refractivity contribution >= 4 is 22.6 Å². The third-order valence-corrected chi connectivity index (χ3v) is 4.28. The van der Waals surface area contributed by atoms with Crippen molar-refractivity contribution in [3.63, 3.8) is 0 Å². The van der Waals surface area contributed by atoms with Crippen molar-refractivity contribution in [1.82, 2.24) is 0 Å². The summed E-state index contributed by atoms with van der Waals surface area (Å²) in [7, 11) is 0. The number of alkyl halides is 1. The summed E-state index contributed by atoms with van der Waals surface area (Å²) in [5.41, 5.74) is 0. The zero-order valence-corrected chi connectivity index (χ0v) is 13.3. The Bertz CT molecular complexity index is 218. The van der Waals surface area contributed by atoms with Gasteiger partial charge < -0.3 is 9.47 Å². The summed E-state index contributed by atoms with van der Waals surface area (Å²) in [5.74, 6) is 0.690. The molecule has 0 saturated carbocycles. The Morgan fingerprint density at radius 3 is 2.44 bits per heavy atom. The van der Waals surface area contributed by atoms with Gasteiger partial charge in [0.15, 0.2) is 5.79 Å². The molecule has 0 aliphatic carbocycles. The minimum atomic E-state index is -0.422. The van der Waals surface area contributed by atoms with Crippen LogP contribution in [0.4, 0.5) is 0 Å². The highest BCUT2D eigenvalue weighted by Gasteiger charge is 2.42. The molecule has 1 rings (SSSR count). The van der Waals surface area contributed by atoms with E-state index >= 15 is 0 Å². The van der Waals surface area contributed by atoms with E-state index in [1.54, 1.807) is 0 Å². The molecule has 0 aromatic heterocycles. The van der Waals surface area contributed by atoms with Crippen LogP contribution in [0.15, 0.2) is 0 Å². The first-order valence-electron chi connectivity index (χ1n) is 6.33. The fourth-order valence-corrected chi connectivity index (χ4v) is 3.55. The van der Waals surface area contributed by atoms with Crippen molar-refractivity contribution in [3.05, 3.63) is 0 Å². The van der Waals surface area contributed by atoms with Crippen LogP contribution in [0, 0.1) is 11.8 Å². The second kappa shape index (κ2) is 6.01. The fourth-order valence-electron chi connectivity index (χ4n) is 2.57. The van der Waals surface area contributed by atoms with Gasteiger partial charge >= 0.3 is 0 Å². The van der Waals surface area contributed by atoms with Gasteiger partial charge in [0.2, 0.25) is 0 Å². The van der Waals surface area contributed by atoms with Crippen molar-refractivity contribution in [1.29, 1.82) is 0 Å². The van der Waals surface area contributed by atoms with Gasteiger partial charge in [-0.1, -0.05) is 49.8 Å². The molecule has 3 heteroatoms. The van der Waals surface area contributed by atoms with Crippen LogP contribution in [0.1, 0.15) is 47.5 Å². The largest absolute Gasteiger partial charge is 0.347 e. The van der Waals surface area contributed by atoms with E-state index in [-0.39, 0.29) is 0 Å². The van der Waals surface area contributed by atoms with E-state index in [1.165, 1.54) is 12.8 Å². The third-order valence-electron chi connectivity index (χ3n) is 3.42. The molecule has 0 unspecified atom stereocenters. The van der Waals surface area contributed by atoms with Crippen molar-refractivity contribution in [2.45, 2.75) is 65.5 Å². The molecule has 0 N–H and O–H groups in total. The molecule has 4 atom stereocenters. The van der Waals surface area contributed by atoms with Gasteiger partial charge in [-0.3, -0.25) is 0 Å². The molecule has 0 bridgehead atoms. The van der Waals surface area contributed by atoms with Crippen molar-refractivity contribution in [2.75, 3.05) is 4.43 Å². The smallest absolute Gasteiger partial charge is 0.163 e. The topological polar surface area (TPSA) is 18.5 Å². The summed E-state index contributed by atoms with van der Waals surface area (Å²) < 4.78 is 13.1. The predicted octanol–water partition coefficient (Wildman–Crippen LogP) is 4.01. The molecule has 0 spiro atoms. The van der Waals surface area contributed by atoms with Gasteiger partial charge in [0.25, 0.3) is 0 Å². The van der Waals surface area contributed by atoms with Crippen molar-refractivity contribution in [3.8, 4) is 0 Å². The van der Waals surface area contributed by atoms with Gasteiger partial charge in [-0.15, -0.1) is 0 Å². The Morgan fingerprint density at radius 2 is 1.94 bits per heavy atom. The van der Waals surface area contributed by atoms with Gasteiger partial charge in [0.1, 0.15) is 0 Å². The van der Waals surface area contributed by atoms with Crippen LogP contribution in [-0.4, -0.2) is 22.4 Å². The standard InChI is InChI=1S/C13H25IO2/c1-6-7-9(2)12-10(3)11(8-14)15-13(4,5)16-12/h9-12H,6-8H2,1-5H3/t9-,10-,11-,12+/m1/s1. The summed E-state index contributed by atoms with van der Waals surface area (Å²) in [4.78, 5) is 0. The Balaban J connectivity index is 2.73. The number of halogens is 1. The summed E-state index contributed by atoms with van der Waals surface area (Å²) in [6.07, 6.45) is 3.13. The van der Waals surface area contributed by atoms with E-state index < -0.39 is 5.79 Å². The molecule has 1 aliphatic rings. The lowest BCUT2D eigenvalue weighted by atomic mass is 9.86. The van der Waals surface area contributed by atoms with E-state index in [0.717, 1.165) is 4.43 Å². The number of rotatable bonds is 4. The first-order chi connectivity index (χ1) is 7.41. The van der Waals surface area contributed by atoms with Gasteiger partial charge in [0.05, 0.1) is 12.2 Å². The third kappa shape index (κ3) is 3.57. The zero-order chi connectivity index (χ0) is 12.3. The normalized spacial score (nSPS) is 36.0. The maximum Gasteiger partial charge on any atom is 0.163 e. The molecule has 0 radical (unpaired) electrons. The van der Waals surface area contributed by atoms with E-state index in [0.29, 0.717) is 24.0 Å². The number of hydrogen-bond donors (Lipinski definition) is 0. The number of ether oxygens (including phenoxy) is 2. The van der Waals surface area contributed by atoms with Crippen LogP contribution in [0.2, 0.25) is 0 Å². The molecule has 0 aromatic carbocycles. The lowest BCUT2D eigenvalue weighted by Crippen LogP contribution is -2.52. The lowest BCUT2D eigenvalue weighted by molar-refractivity contribution is -0.321. The van der Waals surface area contributed by atoms with Crippen molar-refractivity contribution < 1.29 is 9.47 Å². The van der Waals surface area contributed by atoms with Gasteiger partial charge in [-0.25, -0.2) is 0 Å². The molecule has 16 heavy (non-hydrogen) atoms. The Labute approximate surface area is 114 Å². The predicted molar refractivity (Wildman–Crippen MR) is 75.9 cm³/mol. The second-order valence-electron chi connectivity index (χ2n) is 5.42. The maximum atomic E-state index is 6.11. The SMILES string of the molecule is CCC[C@@H](C)[C@@H]1OC(C)(C)O[C@H](CI)[C@H]1C. The van der Waals surface area contributed by atoms with E-state index in [1.807, 2.05) is 13.8 Å². The molecule has 1 aliphatic heterocycles. The minimum absolute atomic E-state index is 0.327. The quantitative estimate of drug-likeness (QED) is 0.569. The average Bonchev–Trinajstić information content (AvgIpc) is 2.21. The van der Waals surface area contributed by atoms with Gasteiger partial charge in [-0.05, 0) is 26.2 Å².